The Balaban J connectivity index is 1.57. The highest BCUT2D eigenvalue weighted by molar-refractivity contribution is 8.00. The average molecular weight is 264 g/mol. The van der Waals surface area contributed by atoms with Crippen molar-refractivity contribution in [3.8, 4) is 0 Å². The van der Waals surface area contributed by atoms with E-state index in [9.17, 15) is 4.79 Å². The molecule has 0 spiro atoms. The first-order chi connectivity index (χ1) is 8.81. The van der Waals surface area contributed by atoms with Crippen LogP contribution in [0.25, 0.3) is 0 Å². The lowest BCUT2D eigenvalue weighted by Crippen LogP contribution is -2.12. The molecule has 96 valence electrons. The van der Waals surface area contributed by atoms with Crippen LogP contribution in [0, 0.1) is 11.8 Å². The van der Waals surface area contributed by atoms with Crippen LogP contribution in [0.2, 0.25) is 0 Å². The predicted molar refractivity (Wildman–Crippen MR) is 67.6 cm³/mol. The summed E-state index contributed by atoms with van der Waals surface area (Å²) in [4.78, 5) is 16.2. The molecule has 1 saturated heterocycles. The van der Waals surface area contributed by atoms with Crippen LogP contribution in [-0.2, 0) is 4.79 Å². The third-order valence-corrected chi connectivity index (χ3v) is 5.80. The van der Waals surface area contributed by atoms with Crippen molar-refractivity contribution in [3.63, 3.8) is 0 Å². The van der Waals surface area contributed by atoms with Crippen molar-refractivity contribution in [2.45, 2.75) is 37.5 Å². The molecule has 0 N–H and O–H groups in total. The van der Waals surface area contributed by atoms with Gasteiger partial charge in [-0.3, -0.25) is 4.79 Å². The topological polar surface area (TPSA) is 56.0 Å². The van der Waals surface area contributed by atoms with E-state index in [-0.39, 0.29) is 11.7 Å². The molecule has 1 aliphatic heterocycles. The van der Waals surface area contributed by atoms with Gasteiger partial charge in [0.1, 0.15) is 5.92 Å². The molecule has 2 heterocycles. The van der Waals surface area contributed by atoms with E-state index in [0.717, 1.165) is 23.4 Å². The fourth-order valence-corrected chi connectivity index (χ4v) is 4.86. The highest BCUT2D eigenvalue weighted by Gasteiger charge is 2.43. The number of Topliss-reactive ketones (excluding diaryl/α,β-unsaturated/α-hetero) is 1. The van der Waals surface area contributed by atoms with E-state index in [1.54, 1.807) is 11.8 Å². The molecule has 4 atom stereocenters. The second-order valence-corrected chi connectivity index (χ2v) is 6.84. The number of hydrogen-bond donors (Lipinski definition) is 0. The first kappa shape index (κ1) is 11.0. The van der Waals surface area contributed by atoms with Gasteiger partial charge in [0, 0.05) is 11.7 Å². The number of carbonyl (C=O) groups is 1. The van der Waals surface area contributed by atoms with Crippen LogP contribution in [0.4, 0.5) is 0 Å². The molecule has 3 aliphatic rings. The summed E-state index contributed by atoms with van der Waals surface area (Å²) in [5.41, 5.74) is 0. The summed E-state index contributed by atoms with van der Waals surface area (Å²) in [7, 11) is 0. The fraction of sp³-hybridized carbons (Fsp3) is 0.769. The van der Waals surface area contributed by atoms with Crippen LogP contribution in [0.3, 0.4) is 0 Å². The lowest BCUT2D eigenvalue weighted by molar-refractivity contribution is -0.117. The van der Waals surface area contributed by atoms with Crippen LogP contribution in [-0.4, -0.2) is 27.4 Å². The highest BCUT2D eigenvalue weighted by atomic mass is 32.2. The largest absolute Gasteiger partial charge is 0.339 e. The molecular formula is C13H16N2O2S. The van der Waals surface area contributed by atoms with E-state index in [4.69, 9.17) is 4.52 Å². The summed E-state index contributed by atoms with van der Waals surface area (Å²) in [6.45, 7) is 0. The number of carbonyl (C=O) groups excluding carboxylic acids is 1. The van der Waals surface area contributed by atoms with Gasteiger partial charge in [-0.2, -0.15) is 16.7 Å². The molecule has 3 fully saturated rings. The zero-order chi connectivity index (χ0) is 12.1. The molecule has 0 aromatic carbocycles. The van der Waals surface area contributed by atoms with Crippen LogP contribution in [0.15, 0.2) is 4.52 Å². The number of thioether (sulfide) groups is 1. The maximum absolute atomic E-state index is 11.7. The van der Waals surface area contributed by atoms with Crippen molar-refractivity contribution in [2.75, 3.05) is 11.5 Å². The van der Waals surface area contributed by atoms with Gasteiger partial charge < -0.3 is 4.52 Å². The molecule has 4 rings (SSSR count). The fourth-order valence-electron chi connectivity index (χ4n) is 3.78. The molecule has 4 unspecified atom stereocenters. The number of fused-ring (bicyclic) bond motifs is 2. The van der Waals surface area contributed by atoms with E-state index in [2.05, 4.69) is 10.1 Å². The van der Waals surface area contributed by atoms with Gasteiger partial charge in [-0.05, 0) is 31.1 Å². The van der Waals surface area contributed by atoms with Gasteiger partial charge in [0.15, 0.2) is 11.6 Å². The van der Waals surface area contributed by atoms with Gasteiger partial charge >= 0.3 is 0 Å². The molecule has 2 bridgehead atoms. The Hall–Kier alpha value is -0.840. The first-order valence-corrected chi connectivity index (χ1v) is 7.90. The summed E-state index contributed by atoms with van der Waals surface area (Å²) in [6, 6.07) is 0. The van der Waals surface area contributed by atoms with Crippen molar-refractivity contribution in [1.29, 1.82) is 0 Å². The Morgan fingerprint density at radius 1 is 1.28 bits per heavy atom. The molecular weight excluding hydrogens is 248 g/mol. The molecule has 2 aliphatic carbocycles. The minimum atomic E-state index is -0.144. The summed E-state index contributed by atoms with van der Waals surface area (Å²) < 4.78 is 5.34. The molecule has 4 nitrogen and oxygen atoms in total. The monoisotopic (exact) mass is 264 g/mol. The molecule has 18 heavy (non-hydrogen) atoms. The predicted octanol–water partition coefficient (Wildman–Crippen LogP) is 2.37. The van der Waals surface area contributed by atoms with Gasteiger partial charge in [0.25, 0.3) is 0 Å². The zero-order valence-electron chi connectivity index (χ0n) is 10.2. The maximum atomic E-state index is 11.7. The van der Waals surface area contributed by atoms with E-state index in [1.807, 2.05) is 0 Å². The molecule has 1 aromatic rings. The van der Waals surface area contributed by atoms with Gasteiger partial charge in [-0.15, -0.1) is 0 Å². The third-order valence-electron chi connectivity index (χ3n) is 4.74. The number of hydrogen-bond acceptors (Lipinski definition) is 5. The minimum absolute atomic E-state index is 0.144. The summed E-state index contributed by atoms with van der Waals surface area (Å²) >= 11 is 1.66. The van der Waals surface area contributed by atoms with Crippen molar-refractivity contribution < 1.29 is 9.32 Å². The summed E-state index contributed by atoms with van der Waals surface area (Å²) in [6.07, 6.45) is 5.25. The van der Waals surface area contributed by atoms with Gasteiger partial charge in [0.2, 0.25) is 5.89 Å². The van der Waals surface area contributed by atoms with Crippen LogP contribution in [0.5, 0.6) is 0 Å². The number of aromatic nitrogens is 2. The smallest absolute Gasteiger partial charge is 0.238 e. The van der Waals surface area contributed by atoms with Gasteiger partial charge in [-0.1, -0.05) is 11.6 Å². The Morgan fingerprint density at radius 3 is 2.89 bits per heavy atom. The zero-order valence-corrected chi connectivity index (χ0v) is 11.0. The Labute approximate surface area is 110 Å². The van der Waals surface area contributed by atoms with Crippen molar-refractivity contribution in [3.05, 3.63) is 11.7 Å². The van der Waals surface area contributed by atoms with E-state index >= 15 is 0 Å². The quantitative estimate of drug-likeness (QED) is 0.820. The van der Waals surface area contributed by atoms with E-state index in [0.29, 0.717) is 17.6 Å². The van der Waals surface area contributed by atoms with Crippen LogP contribution >= 0.6 is 11.8 Å². The third kappa shape index (κ3) is 1.63. The first-order valence-electron chi connectivity index (χ1n) is 6.75. The van der Waals surface area contributed by atoms with E-state index in [1.165, 1.54) is 25.7 Å². The minimum Gasteiger partial charge on any atom is -0.339 e. The molecule has 0 amide bonds. The normalized spacial score (nSPS) is 38.8. The Bertz CT molecular complexity index is 487. The average Bonchev–Trinajstić information content (AvgIpc) is 3.12. The van der Waals surface area contributed by atoms with Gasteiger partial charge in [-0.25, -0.2) is 0 Å². The SMILES string of the molecule is O=C1CSCC1c1nc(C2CC3CCC2C3)no1. The Morgan fingerprint density at radius 2 is 2.22 bits per heavy atom. The summed E-state index contributed by atoms with van der Waals surface area (Å²) in [5, 5.41) is 4.15. The second-order valence-electron chi connectivity index (χ2n) is 5.81. The molecule has 5 heteroatoms. The number of rotatable bonds is 2. The molecule has 0 radical (unpaired) electrons. The highest BCUT2D eigenvalue weighted by Crippen LogP contribution is 2.52. The number of ketones is 1. The standard InChI is InChI=1S/C13H16N2O2S/c16-11-6-18-5-10(11)13-14-12(15-17-13)9-4-7-1-2-8(9)3-7/h7-10H,1-6H2. The summed E-state index contributed by atoms with van der Waals surface area (Å²) in [5.74, 6) is 5.04. The van der Waals surface area contributed by atoms with Gasteiger partial charge in [0.05, 0.1) is 5.75 Å². The lowest BCUT2D eigenvalue weighted by atomic mass is 9.88. The second kappa shape index (κ2) is 4.08. The Kier molecular flexibility index (Phi) is 2.50. The van der Waals surface area contributed by atoms with Crippen molar-refractivity contribution >= 4 is 17.5 Å². The number of nitrogens with zero attached hydrogens (tertiary/aromatic N) is 2. The van der Waals surface area contributed by atoms with Crippen LogP contribution < -0.4 is 0 Å². The lowest BCUT2D eigenvalue weighted by Gasteiger charge is -2.17. The van der Waals surface area contributed by atoms with Crippen molar-refractivity contribution in [1.82, 2.24) is 10.1 Å². The van der Waals surface area contributed by atoms with Crippen LogP contribution in [0.1, 0.15) is 49.2 Å². The van der Waals surface area contributed by atoms with Crippen molar-refractivity contribution in [2.24, 2.45) is 11.8 Å². The van der Waals surface area contributed by atoms with E-state index < -0.39 is 0 Å². The molecule has 1 aromatic heterocycles. The maximum Gasteiger partial charge on any atom is 0.238 e. The molecule has 2 saturated carbocycles.